The SMILES string of the molecule is COCC1(C(=O)O)CCCN(C(=O)c2ccc(S(=O)(=O)C(F)F)cc2)C1. The maximum absolute atomic E-state index is 12.6. The third-order valence-electron chi connectivity index (χ3n) is 4.40. The van der Waals surface area contributed by atoms with Crippen molar-refractivity contribution in [3.8, 4) is 0 Å². The van der Waals surface area contributed by atoms with E-state index in [1.165, 1.54) is 12.0 Å². The molecule has 1 unspecified atom stereocenters. The Morgan fingerprint density at radius 2 is 1.92 bits per heavy atom. The molecule has 144 valence electrons. The van der Waals surface area contributed by atoms with Crippen molar-refractivity contribution in [1.82, 2.24) is 4.90 Å². The zero-order valence-corrected chi connectivity index (χ0v) is 14.8. The van der Waals surface area contributed by atoms with Crippen LogP contribution >= 0.6 is 0 Å². The molecule has 1 atom stereocenters. The number of aliphatic carboxylic acids is 1. The zero-order chi connectivity index (χ0) is 19.5. The molecule has 1 heterocycles. The van der Waals surface area contributed by atoms with Gasteiger partial charge in [0.1, 0.15) is 5.41 Å². The Bertz CT molecular complexity index is 776. The lowest BCUT2D eigenvalue weighted by Crippen LogP contribution is -2.52. The highest BCUT2D eigenvalue weighted by Crippen LogP contribution is 2.31. The summed E-state index contributed by atoms with van der Waals surface area (Å²) in [7, 11) is -3.35. The van der Waals surface area contributed by atoms with Gasteiger partial charge in [-0.1, -0.05) is 0 Å². The summed E-state index contributed by atoms with van der Waals surface area (Å²) in [6.07, 6.45) is 0.838. The lowest BCUT2D eigenvalue weighted by Gasteiger charge is -2.39. The number of amides is 1. The predicted octanol–water partition coefficient (Wildman–Crippen LogP) is 1.64. The quantitative estimate of drug-likeness (QED) is 0.791. The highest BCUT2D eigenvalue weighted by molar-refractivity contribution is 7.91. The van der Waals surface area contributed by atoms with Gasteiger partial charge in [0.25, 0.3) is 5.91 Å². The summed E-state index contributed by atoms with van der Waals surface area (Å²) < 4.78 is 52.9. The van der Waals surface area contributed by atoms with Gasteiger partial charge in [0.2, 0.25) is 9.84 Å². The summed E-state index contributed by atoms with van der Waals surface area (Å²) in [5.41, 5.74) is -1.11. The second kappa shape index (κ2) is 7.67. The number of hydrogen-bond donors (Lipinski definition) is 1. The minimum Gasteiger partial charge on any atom is -0.481 e. The van der Waals surface area contributed by atoms with E-state index in [0.717, 1.165) is 24.3 Å². The number of benzene rings is 1. The summed E-state index contributed by atoms with van der Waals surface area (Å²) in [6, 6.07) is 4.17. The van der Waals surface area contributed by atoms with E-state index in [1.807, 2.05) is 0 Å². The average molecular weight is 391 g/mol. The summed E-state index contributed by atoms with van der Waals surface area (Å²) in [6.45, 7) is 0.248. The van der Waals surface area contributed by atoms with Gasteiger partial charge in [0, 0.05) is 25.8 Å². The van der Waals surface area contributed by atoms with E-state index < -0.39 is 37.8 Å². The van der Waals surface area contributed by atoms with E-state index in [9.17, 15) is 31.9 Å². The third kappa shape index (κ3) is 3.85. The number of halogens is 2. The molecular weight excluding hydrogens is 372 g/mol. The largest absolute Gasteiger partial charge is 0.481 e. The number of hydrogen-bond acceptors (Lipinski definition) is 5. The Morgan fingerprint density at radius 1 is 1.31 bits per heavy atom. The van der Waals surface area contributed by atoms with Gasteiger partial charge in [0.15, 0.2) is 0 Å². The van der Waals surface area contributed by atoms with Crippen LogP contribution < -0.4 is 0 Å². The van der Waals surface area contributed by atoms with Gasteiger partial charge >= 0.3 is 11.7 Å². The fraction of sp³-hybridized carbons (Fsp3) is 0.500. The summed E-state index contributed by atoms with van der Waals surface area (Å²) >= 11 is 0. The van der Waals surface area contributed by atoms with Gasteiger partial charge in [-0.15, -0.1) is 0 Å². The van der Waals surface area contributed by atoms with Crippen molar-refractivity contribution < 1.29 is 36.6 Å². The summed E-state index contributed by atoms with van der Waals surface area (Å²) in [4.78, 5) is 25.0. The van der Waals surface area contributed by atoms with E-state index in [4.69, 9.17) is 4.74 Å². The number of sulfone groups is 1. The molecule has 0 aromatic heterocycles. The number of likely N-dealkylation sites (tertiary alicyclic amines) is 1. The molecule has 0 bridgehead atoms. The maximum atomic E-state index is 12.6. The number of rotatable bonds is 6. The Labute approximate surface area is 149 Å². The van der Waals surface area contributed by atoms with Crippen LogP contribution in [-0.4, -0.2) is 62.9 Å². The van der Waals surface area contributed by atoms with Gasteiger partial charge in [-0.25, -0.2) is 8.42 Å². The number of piperidine rings is 1. The number of carbonyl (C=O) groups is 2. The summed E-state index contributed by atoms with van der Waals surface area (Å²) in [5.74, 6) is -5.10. The van der Waals surface area contributed by atoms with Crippen LogP contribution in [0, 0.1) is 5.41 Å². The molecule has 0 aliphatic carbocycles. The van der Waals surface area contributed by atoms with Crippen LogP contribution in [0.2, 0.25) is 0 Å². The molecule has 1 aromatic carbocycles. The second-order valence-corrected chi connectivity index (χ2v) is 8.10. The number of carboxylic acid groups (broad SMARTS) is 1. The van der Waals surface area contributed by atoms with Crippen molar-refractivity contribution in [1.29, 1.82) is 0 Å². The molecule has 1 aliphatic heterocycles. The molecule has 1 amide bonds. The van der Waals surface area contributed by atoms with Crippen LogP contribution in [0.1, 0.15) is 23.2 Å². The van der Waals surface area contributed by atoms with Crippen molar-refractivity contribution in [2.75, 3.05) is 26.8 Å². The Kier molecular flexibility index (Phi) is 5.97. The average Bonchev–Trinajstić information content (AvgIpc) is 2.61. The van der Waals surface area contributed by atoms with Gasteiger partial charge < -0.3 is 14.7 Å². The normalized spacial score (nSPS) is 21.0. The van der Waals surface area contributed by atoms with Crippen molar-refractivity contribution in [3.63, 3.8) is 0 Å². The van der Waals surface area contributed by atoms with Crippen LogP contribution in [0.25, 0.3) is 0 Å². The molecule has 2 rings (SSSR count). The fourth-order valence-corrected chi connectivity index (χ4v) is 3.73. The first kappa shape index (κ1) is 20.2. The lowest BCUT2D eigenvalue weighted by molar-refractivity contribution is -0.155. The van der Waals surface area contributed by atoms with E-state index in [0.29, 0.717) is 19.4 Å². The number of ether oxygens (including phenoxy) is 1. The van der Waals surface area contributed by atoms with E-state index in [1.54, 1.807) is 0 Å². The monoisotopic (exact) mass is 391 g/mol. The standard InChI is InChI=1S/C16H19F2NO6S/c1-25-10-16(14(21)22)7-2-8-19(9-16)13(20)11-3-5-12(6-4-11)26(23,24)15(17)18/h3-6,15H,2,7-10H2,1H3,(H,21,22). The van der Waals surface area contributed by atoms with Crippen molar-refractivity contribution in [2.45, 2.75) is 23.5 Å². The van der Waals surface area contributed by atoms with Gasteiger partial charge in [-0.3, -0.25) is 9.59 Å². The molecule has 0 radical (unpaired) electrons. The molecule has 7 nitrogen and oxygen atoms in total. The first-order valence-corrected chi connectivity index (χ1v) is 9.32. The molecule has 0 spiro atoms. The molecule has 10 heteroatoms. The number of nitrogens with zero attached hydrogens (tertiary/aromatic N) is 1. The highest BCUT2D eigenvalue weighted by atomic mass is 32.2. The van der Waals surface area contributed by atoms with Gasteiger partial charge in [-0.05, 0) is 37.1 Å². The minimum absolute atomic E-state index is 0.0440. The Balaban J connectivity index is 2.22. The molecule has 1 N–H and O–H groups in total. The zero-order valence-electron chi connectivity index (χ0n) is 14.0. The van der Waals surface area contributed by atoms with Crippen molar-refractivity contribution in [3.05, 3.63) is 29.8 Å². The molecule has 1 aliphatic rings. The van der Waals surface area contributed by atoms with Crippen LogP contribution in [0.15, 0.2) is 29.2 Å². The molecule has 1 aromatic rings. The van der Waals surface area contributed by atoms with E-state index in [2.05, 4.69) is 0 Å². The molecule has 1 fully saturated rings. The Morgan fingerprint density at radius 3 is 2.42 bits per heavy atom. The highest BCUT2D eigenvalue weighted by Gasteiger charge is 2.44. The van der Waals surface area contributed by atoms with Gasteiger partial charge in [-0.2, -0.15) is 8.78 Å². The first-order valence-electron chi connectivity index (χ1n) is 7.78. The van der Waals surface area contributed by atoms with E-state index in [-0.39, 0.29) is 18.7 Å². The molecule has 26 heavy (non-hydrogen) atoms. The lowest BCUT2D eigenvalue weighted by atomic mass is 9.80. The molecular formula is C16H19F2NO6S. The minimum atomic E-state index is -4.73. The molecule has 0 saturated carbocycles. The number of carbonyl (C=O) groups excluding carboxylic acids is 1. The smallest absolute Gasteiger partial charge is 0.341 e. The first-order chi connectivity index (χ1) is 12.1. The molecule has 1 saturated heterocycles. The van der Waals surface area contributed by atoms with Gasteiger partial charge in [0.05, 0.1) is 11.5 Å². The van der Waals surface area contributed by atoms with E-state index >= 15 is 0 Å². The third-order valence-corrected chi connectivity index (χ3v) is 5.80. The van der Waals surface area contributed by atoms with Crippen LogP contribution in [-0.2, 0) is 19.4 Å². The van der Waals surface area contributed by atoms with Crippen LogP contribution in [0.5, 0.6) is 0 Å². The number of methoxy groups -OCH3 is 1. The number of carboxylic acids is 1. The summed E-state index contributed by atoms with van der Waals surface area (Å²) in [5, 5.41) is 9.51. The fourth-order valence-electron chi connectivity index (χ4n) is 3.01. The number of alkyl halides is 2. The van der Waals surface area contributed by atoms with Crippen LogP contribution in [0.3, 0.4) is 0 Å². The topological polar surface area (TPSA) is 101 Å². The second-order valence-electron chi connectivity index (χ2n) is 6.18. The maximum Gasteiger partial charge on any atom is 0.341 e. The van der Waals surface area contributed by atoms with Crippen LogP contribution in [0.4, 0.5) is 8.78 Å². The Hall–Kier alpha value is -2.07. The predicted molar refractivity (Wildman–Crippen MR) is 86.7 cm³/mol. The van der Waals surface area contributed by atoms with Crippen molar-refractivity contribution >= 4 is 21.7 Å². The van der Waals surface area contributed by atoms with Crippen molar-refractivity contribution in [2.24, 2.45) is 5.41 Å².